The SMILES string of the molecule is CN1CCN(NC(=O)C(=Cc2cn(C)c3ccccc23)NC(=O)c2ccccc2)CC1. The van der Waals surface area contributed by atoms with Gasteiger partial charge in [0.1, 0.15) is 5.70 Å². The molecule has 3 aromatic rings. The van der Waals surface area contributed by atoms with Crippen molar-refractivity contribution in [3.8, 4) is 0 Å². The Labute approximate surface area is 181 Å². The van der Waals surface area contributed by atoms with Crippen molar-refractivity contribution in [2.45, 2.75) is 0 Å². The van der Waals surface area contributed by atoms with Gasteiger partial charge in [-0.25, -0.2) is 5.01 Å². The highest BCUT2D eigenvalue weighted by molar-refractivity contribution is 6.06. The van der Waals surface area contributed by atoms with E-state index in [1.807, 2.05) is 53.2 Å². The molecule has 2 aromatic carbocycles. The summed E-state index contributed by atoms with van der Waals surface area (Å²) in [6, 6.07) is 16.9. The number of fused-ring (bicyclic) bond motifs is 1. The van der Waals surface area contributed by atoms with Crippen LogP contribution in [0.4, 0.5) is 0 Å². The minimum atomic E-state index is -0.332. The number of aryl methyl sites for hydroxylation is 1. The van der Waals surface area contributed by atoms with Gasteiger partial charge in [-0.15, -0.1) is 0 Å². The number of hydrogen-bond acceptors (Lipinski definition) is 4. The molecule has 2 N–H and O–H groups in total. The largest absolute Gasteiger partial charge is 0.350 e. The molecule has 1 aliphatic heterocycles. The molecule has 0 unspecified atom stereocenters. The maximum Gasteiger partial charge on any atom is 0.282 e. The van der Waals surface area contributed by atoms with Crippen molar-refractivity contribution in [2.24, 2.45) is 7.05 Å². The Bertz CT molecular complexity index is 1110. The number of nitrogens with zero attached hydrogens (tertiary/aromatic N) is 3. The highest BCUT2D eigenvalue weighted by Crippen LogP contribution is 2.22. The Hall–Kier alpha value is -3.42. The quantitative estimate of drug-likeness (QED) is 0.625. The van der Waals surface area contributed by atoms with Crippen LogP contribution in [0.3, 0.4) is 0 Å². The zero-order chi connectivity index (χ0) is 21.8. The van der Waals surface area contributed by atoms with E-state index in [0.29, 0.717) is 5.56 Å². The molecule has 7 nitrogen and oxygen atoms in total. The molecule has 1 saturated heterocycles. The number of hydrazine groups is 1. The number of carbonyl (C=O) groups is 2. The first-order chi connectivity index (χ1) is 15.0. The van der Waals surface area contributed by atoms with Crippen LogP contribution in [0, 0.1) is 0 Å². The highest BCUT2D eigenvalue weighted by Gasteiger charge is 2.20. The number of likely N-dealkylation sites (N-methyl/N-ethyl adjacent to an activating group) is 1. The standard InChI is InChI=1S/C24H27N5O2/c1-27-12-14-29(15-13-27)26-24(31)21(25-23(30)18-8-4-3-5-9-18)16-19-17-28(2)22-11-7-6-10-20(19)22/h3-11,16-17H,12-15H2,1-2H3,(H,25,30)(H,26,31). The molecule has 2 heterocycles. The minimum absolute atomic E-state index is 0.212. The van der Waals surface area contributed by atoms with Gasteiger partial charge in [-0.2, -0.15) is 0 Å². The van der Waals surface area contributed by atoms with Gasteiger partial charge in [0.15, 0.2) is 0 Å². The molecule has 4 rings (SSSR count). The van der Waals surface area contributed by atoms with Crippen LogP contribution in [0.1, 0.15) is 15.9 Å². The lowest BCUT2D eigenvalue weighted by Gasteiger charge is -2.32. The van der Waals surface area contributed by atoms with E-state index in [0.717, 1.165) is 42.6 Å². The van der Waals surface area contributed by atoms with Crippen LogP contribution in [0.2, 0.25) is 0 Å². The summed E-state index contributed by atoms with van der Waals surface area (Å²) in [6.07, 6.45) is 3.71. The molecule has 0 aliphatic carbocycles. The van der Waals surface area contributed by atoms with Crippen molar-refractivity contribution < 1.29 is 9.59 Å². The molecule has 1 aromatic heterocycles. The van der Waals surface area contributed by atoms with E-state index in [1.165, 1.54) is 0 Å². The average molecular weight is 418 g/mol. The van der Waals surface area contributed by atoms with E-state index < -0.39 is 0 Å². The van der Waals surface area contributed by atoms with E-state index in [-0.39, 0.29) is 17.5 Å². The summed E-state index contributed by atoms with van der Waals surface area (Å²) in [5.74, 6) is -0.651. The van der Waals surface area contributed by atoms with E-state index in [9.17, 15) is 9.59 Å². The number of benzene rings is 2. The van der Waals surface area contributed by atoms with E-state index in [2.05, 4.69) is 22.7 Å². The third-order valence-electron chi connectivity index (χ3n) is 5.52. The zero-order valence-corrected chi connectivity index (χ0v) is 17.8. The number of aromatic nitrogens is 1. The fourth-order valence-electron chi connectivity index (χ4n) is 3.71. The topological polar surface area (TPSA) is 69.6 Å². The summed E-state index contributed by atoms with van der Waals surface area (Å²) in [7, 11) is 4.03. The summed E-state index contributed by atoms with van der Waals surface area (Å²) in [5.41, 5.74) is 5.59. The number of hydrogen-bond donors (Lipinski definition) is 2. The Morgan fingerprint density at radius 3 is 2.32 bits per heavy atom. The van der Waals surface area contributed by atoms with E-state index in [4.69, 9.17) is 0 Å². The zero-order valence-electron chi connectivity index (χ0n) is 17.8. The molecular weight excluding hydrogens is 390 g/mol. The first-order valence-corrected chi connectivity index (χ1v) is 10.4. The summed E-state index contributed by atoms with van der Waals surface area (Å²) < 4.78 is 2.01. The maximum absolute atomic E-state index is 13.2. The second-order valence-corrected chi connectivity index (χ2v) is 7.82. The van der Waals surface area contributed by atoms with Gasteiger partial charge >= 0.3 is 0 Å². The van der Waals surface area contributed by atoms with Crippen molar-refractivity contribution in [1.29, 1.82) is 0 Å². The molecule has 1 fully saturated rings. The van der Waals surface area contributed by atoms with Crippen LogP contribution in [-0.2, 0) is 11.8 Å². The summed E-state index contributed by atoms with van der Waals surface area (Å²) in [6.45, 7) is 3.21. The van der Waals surface area contributed by atoms with Crippen LogP contribution < -0.4 is 10.7 Å². The van der Waals surface area contributed by atoms with Crippen LogP contribution in [0.25, 0.3) is 17.0 Å². The number of amides is 2. The van der Waals surface area contributed by atoms with Crippen molar-refractivity contribution >= 4 is 28.8 Å². The molecule has 31 heavy (non-hydrogen) atoms. The average Bonchev–Trinajstić information content (AvgIpc) is 3.11. The summed E-state index contributed by atoms with van der Waals surface area (Å²) in [5, 5.41) is 5.73. The third kappa shape index (κ3) is 4.84. The molecule has 0 saturated carbocycles. The molecule has 0 bridgehead atoms. The fraction of sp³-hybridized carbons (Fsp3) is 0.250. The van der Waals surface area contributed by atoms with Crippen molar-refractivity contribution in [3.05, 3.63) is 77.6 Å². The summed E-state index contributed by atoms with van der Waals surface area (Å²) >= 11 is 0. The molecule has 0 radical (unpaired) electrons. The van der Waals surface area contributed by atoms with Gasteiger partial charge in [-0.3, -0.25) is 15.0 Å². The number of piperazine rings is 1. The van der Waals surface area contributed by atoms with Crippen molar-refractivity contribution in [1.82, 2.24) is 25.2 Å². The molecule has 0 spiro atoms. The van der Waals surface area contributed by atoms with Crippen LogP contribution in [0.15, 0.2) is 66.5 Å². The molecule has 7 heteroatoms. The van der Waals surface area contributed by atoms with Crippen molar-refractivity contribution in [2.75, 3.05) is 33.2 Å². The monoisotopic (exact) mass is 417 g/mol. The highest BCUT2D eigenvalue weighted by atomic mass is 16.2. The Morgan fingerprint density at radius 1 is 0.903 bits per heavy atom. The van der Waals surface area contributed by atoms with E-state index >= 15 is 0 Å². The van der Waals surface area contributed by atoms with Gasteiger partial charge in [-0.1, -0.05) is 36.4 Å². The summed E-state index contributed by atoms with van der Waals surface area (Å²) in [4.78, 5) is 28.2. The first-order valence-electron chi connectivity index (χ1n) is 10.4. The number of rotatable bonds is 5. The predicted molar refractivity (Wildman–Crippen MR) is 122 cm³/mol. The fourth-order valence-corrected chi connectivity index (χ4v) is 3.71. The predicted octanol–water partition coefficient (Wildman–Crippen LogP) is 2.23. The second kappa shape index (κ2) is 9.16. The van der Waals surface area contributed by atoms with Gasteiger partial charge in [0.2, 0.25) is 0 Å². The van der Waals surface area contributed by atoms with Gasteiger partial charge < -0.3 is 14.8 Å². The van der Waals surface area contributed by atoms with Crippen LogP contribution in [-0.4, -0.2) is 59.5 Å². The molecular formula is C24H27N5O2. The molecule has 1 aliphatic rings. The lowest BCUT2D eigenvalue weighted by molar-refractivity contribution is -0.123. The van der Waals surface area contributed by atoms with Gasteiger partial charge in [0, 0.05) is 61.5 Å². The molecule has 2 amide bonds. The molecule has 160 valence electrons. The van der Waals surface area contributed by atoms with Gasteiger partial charge in [-0.05, 0) is 31.3 Å². The normalized spacial score (nSPS) is 15.7. The maximum atomic E-state index is 13.2. The first kappa shape index (κ1) is 20.8. The lowest BCUT2D eigenvalue weighted by Crippen LogP contribution is -2.53. The number of carbonyl (C=O) groups excluding carboxylic acids is 2. The Morgan fingerprint density at radius 2 is 1.58 bits per heavy atom. The molecule has 0 atom stereocenters. The number of nitrogens with one attached hydrogen (secondary N) is 2. The minimum Gasteiger partial charge on any atom is -0.350 e. The Balaban J connectivity index is 1.63. The van der Waals surface area contributed by atoms with Gasteiger partial charge in [0.05, 0.1) is 0 Å². The Kier molecular flexibility index (Phi) is 6.16. The van der Waals surface area contributed by atoms with Crippen molar-refractivity contribution in [3.63, 3.8) is 0 Å². The van der Waals surface area contributed by atoms with E-state index in [1.54, 1.807) is 30.3 Å². The number of para-hydroxylation sites is 1. The lowest BCUT2D eigenvalue weighted by atomic mass is 10.1. The second-order valence-electron chi connectivity index (χ2n) is 7.82. The van der Waals surface area contributed by atoms with Gasteiger partial charge in [0.25, 0.3) is 11.8 Å². The smallest absolute Gasteiger partial charge is 0.282 e. The van der Waals surface area contributed by atoms with Crippen LogP contribution >= 0.6 is 0 Å². The third-order valence-corrected chi connectivity index (χ3v) is 5.52. The van der Waals surface area contributed by atoms with Crippen LogP contribution in [0.5, 0.6) is 0 Å².